The highest BCUT2D eigenvalue weighted by atomic mass is 32.2. The Morgan fingerprint density at radius 3 is 2.23 bits per heavy atom. The number of sulfonamides is 1. The van der Waals surface area contributed by atoms with E-state index in [2.05, 4.69) is 9.17 Å². The van der Waals surface area contributed by atoms with Crippen LogP contribution in [0.3, 0.4) is 0 Å². The van der Waals surface area contributed by atoms with E-state index >= 15 is 0 Å². The van der Waals surface area contributed by atoms with Crippen molar-refractivity contribution in [3.8, 4) is 0 Å². The van der Waals surface area contributed by atoms with Crippen LogP contribution in [0.2, 0.25) is 0 Å². The largest absolute Gasteiger partial charge is 0.772 e. The second-order valence-corrected chi connectivity index (χ2v) is 7.32. The molecule has 13 heteroatoms. The first-order valence-electron chi connectivity index (χ1n) is 5.48. The standard InChI is InChI=1S/C9H10F3N2O6S2/c10-9(11,12)22(18,19)14(15)5-6-20-21(16,17)7-8-1-3-13-4-2-8/h1-4H,5-7H2/q-1. The minimum atomic E-state index is -6.06. The lowest BCUT2D eigenvalue weighted by Crippen LogP contribution is -2.38. The van der Waals surface area contributed by atoms with Gasteiger partial charge < -0.3 is 5.21 Å². The molecule has 0 unspecified atom stereocenters. The fraction of sp³-hybridized carbons (Fsp3) is 0.444. The number of rotatable bonds is 7. The highest BCUT2D eigenvalue weighted by Gasteiger charge is 2.46. The molecule has 0 aliphatic carbocycles. The molecule has 0 saturated heterocycles. The van der Waals surface area contributed by atoms with Crippen LogP contribution < -0.4 is 0 Å². The Labute approximate surface area is 124 Å². The Morgan fingerprint density at radius 1 is 1.18 bits per heavy atom. The van der Waals surface area contributed by atoms with E-state index < -0.39 is 49.0 Å². The average molecular weight is 363 g/mol. The number of halogens is 3. The van der Waals surface area contributed by atoms with Crippen LogP contribution in [0.5, 0.6) is 0 Å². The van der Waals surface area contributed by atoms with Gasteiger partial charge in [-0.15, -0.1) is 0 Å². The Balaban J connectivity index is 2.57. The van der Waals surface area contributed by atoms with E-state index in [4.69, 9.17) is 0 Å². The third-order valence-electron chi connectivity index (χ3n) is 2.19. The number of hydrogen-bond acceptors (Lipinski definition) is 7. The van der Waals surface area contributed by atoms with Crippen molar-refractivity contribution in [3.05, 3.63) is 35.3 Å². The first-order chi connectivity index (χ1) is 9.96. The lowest BCUT2D eigenvalue weighted by Gasteiger charge is -2.27. The first kappa shape index (κ1) is 18.8. The Kier molecular flexibility index (Phi) is 5.86. The maximum atomic E-state index is 12.0. The van der Waals surface area contributed by atoms with E-state index in [0.29, 0.717) is 5.56 Å². The molecule has 0 spiro atoms. The molecule has 1 aromatic heterocycles. The minimum absolute atomic E-state index is 0.303. The number of hydrogen-bond donors (Lipinski definition) is 0. The molecule has 0 bridgehead atoms. The van der Waals surface area contributed by atoms with E-state index in [9.17, 15) is 35.2 Å². The fourth-order valence-corrected chi connectivity index (χ4v) is 2.76. The van der Waals surface area contributed by atoms with Gasteiger partial charge in [-0.2, -0.15) is 21.6 Å². The molecule has 0 amide bonds. The second kappa shape index (κ2) is 6.87. The number of alkyl halides is 3. The highest BCUT2D eigenvalue weighted by Crippen LogP contribution is 2.25. The normalized spacial score (nSPS) is 13.5. The van der Waals surface area contributed by atoms with E-state index in [-0.39, 0.29) is 0 Å². The van der Waals surface area contributed by atoms with E-state index in [0.717, 1.165) is 0 Å². The number of nitrogens with zero attached hydrogens (tertiary/aromatic N) is 2. The van der Waals surface area contributed by atoms with Gasteiger partial charge in [0.05, 0.1) is 6.61 Å². The topological polar surface area (TPSA) is 117 Å². The molecule has 0 N–H and O–H groups in total. The van der Waals surface area contributed by atoms with Crippen LogP contribution in [-0.4, -0.2) is 44.9 Å². The number of pyridine rings is 1. The summed E-state index contributed by atoms with van der Waals surface area (Å²) in [6.07, 6.45) is 2.64. The fourth-order valence-electron chi connectivity index (χ4n) is 1.20. The van der Waals surface area contributed by atoms with Crippen molar-refractivity contribution >= 4 is 20.1 Å². The van der Waals surface area contributed by atoms with Crippen LogP contribution in [0.1, 0.15) is 5.56 Å². The molecule has 22 heavy (non-hydrogen) atoms. The monoisotopic (exact) mass is 363 g/mol. The third-order valence-corrected chi connectivity index (χ3v) is 4.71. The summed E-state index contributed by atoms with van der Waals surface area (Å²) in [6, 6.07) is 2.74. The third kappa shape index (κ3) is 5.17. The van der Waals surface area contributed by atoms with Crippen molar-refractivity contribution in [1.82, 2.24) is 9.45 Å². The Hall–Kier alpha value is -1.28. The van der Waals surface area contributed by atoms with Gasteiger partial charge >= 0.3 is 15.5 Å². The van der Waals surface area contributed by atoms with Gasteiger partial charge in [0.2, 0.25) is 0 Å². The van der Waals surface area contributed by atoms with Gasteiger partial charge in [-0.25, -0.2) is 8.42 Å². The summed E-state index contributed by atoms with van der Waals surface area (Å²) in [4.78, 5) is 3.65. The molecular weight excluding hydrogens is 353 g/mol. The summed E-state index contributed by atoms with van der Waals surface area (Å²) in [5.74, 6) is -0.597. The first-order valence-corrected chi connectivity index (χ1v) is 8.49. The smallest absolute Gasteiger partial charge is 0.510 e. The molecular formula is C9H10F3N2O6S2-. The summed E-state index contributed by atoms with van der Waals surface area (Å²) in [6.45, 7) is -2.34. The number of aromatic nitrogens is 1. The van der Waals surface area contributed by atoms with Crippen molar-refractivity contribution in [1.29, 1.82) is 0 Å². The molecule has 126 valence electrons. The molecule has 0 aromatic carbocycles. The lowest BCUT2D eigenvalue weighted by atomic mass is 10.3. The summed E-state index contributed by atoms with van der Waals surface area (Å²) in [5.41, 5.74) is -5.46. The predicted molar refractivity (Wildman–Crippen MR) is 67.9 cm³/mol. The maximum Gasteiger partial charge on any atom is 0.510 e. The Bertz CT molecular complexity index is 690. The molecule has 0 aliphatic heterocycles. The summed E-state index contributed by atoms with van der Waals surface area (Å²) >= 11 is 0. The van der Waals surface area contributed by atoms with E-state index in [1.807, 2.05) is 0 Å². The number of hydroxylamine groups is 1. The minimum Gasteiger partial charge on any atom is -0.772 e. The zero-order valence-corrected chi connectivity index (χ0v) is 12.4. The van der Waals surface area contributed by atoms with Crippen LogP contribution in [0.25, 0.3) is 0 Å². The lowest BCUT2D eigenvalue weighted by molar-refractivity contribution is -0.0478. The van der Waals surface area contributed by atoms with Gasteiger partial charge in [0.1, 0.15) is 5.75 Å². The highest BCUT2D eigenvalue weighted by molar-refractivity contribution is 7.90. The maximum absolute atomic E-state index is 12.0. The molecule has 0 aliphatic rings. The average Bonchev–Trinajstić information content (AvgIpc) is 2.37. The molecule has 1 heterocycles. The summed E-state index contributed by atoms with van der Waals surface area (Å²) < 4.78 is 83.5. The van der Waals surface area contributed by atoms with Gasteiger partial charge in [0.15, 0.2) is 0 Å². The van der Waals surface area contributed by atoms with Crippen LogP contribution in [0, 0.1) is 5.21 Å². The summed E-state index contributed by atoms with van der Waals surface area (Å²) in [5, 5.41) is 10.9. The van der Waals surface area contributed by atoms with Gasteiger partial charge in [0, 0.05) is 18.9 Å². The molecule has 1 rings (SSSR count). The van der Waals surface area contributed by atoms with Crippen molar-refractivity contribution in [3.63, 3.8) is 0 Å². The summed E-state index contributed by atoms with van der Waals surface area (Å²) in [7, 11) is -10.2. The van der Waals surface area contributed by atoms with Gasteiger partial charge in [-0.05, 0) is 17.7 Å². The molecule has 0 radical (unpaired) electrons. The van der Waals surface area contributed by atoms with Crippen molar-refractivity contribution < 1.29 is 34.2 Å². The van der Waals surface area contributed by atoms with Crippen LogP contribution in [-0.2, 0) is 30.1 Å². The van der Waals surface area contributed by atoms with Gasteiger partial charge in [-0.1, -0.05) is 0 Å². The van der Waals surface area contributed by atoms with E-state index in [1.54, 1.807) is 0 Å². The Morgan fingerprint density at radius 2 is 1.73 bits per heavy atom. The predicted octanol–water partition coefficient (Wildman–Crippen LogP) is 0.577. The van der Waals surface area contributed by atoms with Crippen LogP contribution >= 0.6 is 0 Å². The quantitative estimate of drug-likeness (QED) is 0.514. The SMILES string of the molecule is O=S(=O)(Cc1ccncc1)OCCN([O-])S(=O)(=O)C(F)(F)F. The molecule has 0 fully saturated rings. The van der Waals surface area contributed by atoms with Crippen LogP contribution in [0.4, 0.5) is 13.2 Å². The molecule has 0 saturated carbocycles. The van der Waals surface area contributed by atoms with Crippen molar-refractivity contribution in [2.24, 2.45) is 0 Å². The molecule has 8 nitrogen and oxygen atoms in total. The van der Waals surface area contributed by atoms with Gasteiger partial charge in [0.25, 0.3) is 10.1 Å². The van der Waals surface area contributed by atoms with Gasteiger partial charge in [-0.3, -0.25) is 13.6 Å². The van der Waals surface area contributed by atoms with Crippen molar-refractivity contribution in [2.75, 3.05) is 13.2 Å². The van der Waals surface area contributed by atoms with Crippen LogP contribution in [0.15, 0.2) is 24.5 Å². The van der Waals surface area contributed by atoms with Crippen molar-refractivity contribution in [2.45, 2.75) is 11.3 Å². The molecule has 1 aromatic rings. The van der Waals surface area contributed by atoms with E-state index in [1.165, 1.54) is 24.5 Å². The zero-order chi connectivity index (χ0) is 17.0. The second-order valence-electron chi connectivity index (χ2n) is 3.86. The zero-order valence-electron chi connectivity index (χ0n) is 10.7. The molecule has 0 atom stereocenters.